The molecule has 0 bridgehead atoms. The Balaban J connectivity index is 2.34. The summed E-state index contributed by atoms with van der Waals surface area (Å²) in [5, 5.41) is 3.29. The van der Waals surface area contributed by atoms with Crippen LogP contribution in [0.3, 0.4) is 0 Å². The van der Waals surface area contributed by atoms with E-state index in [1.807, 2.05) is 0 Å². The number of hydrogen-bond acceptors (Lipinski definition) is 3. The van der Waals surface area contributed by atoms with Crippen LogP contribution in [0.15, 0.2) is 12.1 Å². The van der Waals surface area contributed by atoms with E-state index in [0.717, 1.165) is 31.5 Å². The Morgan fingerprint density at radius 2 is 2.12 bits per heavy atom. The summed E-state index contributed by atoms with van der Waals surface area (Å²) in [5.74, 6) is 0.581. The highest BCUT2D eigenvalue weighted by Gasteiger charge is 2.22. The molecule has 1 atom stereocenters. The third-order valence-corrected chi connectivity index (χ3v) is 3.25. The van der Waals surface area contributed by atoms with Gasteiger partial charge in [-0.2, -0.15) is 0 Å². The van der Waals surface area contributed by atoms with Crippen molar-refractivity contribution in [3.05, 3.63) is 23.5 Å². The molecule has 0 aromatic heterocycles. The minimum absolute atomic E-state index is 0.204. The van der Waals surface area contributed by atoms with Gasteiger partial charge in [0.15, 0.2) is 17.3 Å². The lowest BCUT2D eigenvalue weighted by atomic mass is 9.91. The lowest BCUT2D eigenvalue weighted by Gasteiger charge is -2.24. The van der Waals surface area contributed by atoms with Crippen molar-refractivity contribution in [3.8, 4) is 11.5 Å². The van der Waals surface area contributed by atoms with Crippen LogP contribution in [-0.4, -0.2) is 27.3 Å². The number of hydrogen-bond donors (Lipinski definition) is 1. The minimum atomic E-state index is -0.291. The molecule has 4 heteroatoms. The number of benzene rings is 1. The fourth-order valence-corrected chi connectivity index (χ4v) is 2.34. The molecule has 1 N–H and O–H groups in total. The fraction of sp³-hybridized carbons (Fsp3) is 0.538. The van der Waals surface area contributed by atoms with Crippen LogP contribution in [-0.2, 0) is 0 Å². The number of rotatable bonds is 3. The maximum absolute atomic E-state index is 14.3. The van der Waals surface area contributed by atoms with Gasteiger partial charge in [0.1, 0.15) is 0 Å². The summed E-state index contributed by atoms with van der Waals surface area (Å²) in [6, 6.07) is 3.57. The molecule has 2 rings (SSSR count). The van der Waals surface area contributed by atoms with Crippen molar-refractivity contribution >= 4 is 0 Å². The molecule has 0 aliphatic carbocycles. The van der Waals surface area contributed by atoms with Crippen LogP contribution in [0, 0.1) is 5.82 Å². The Hall–Kier alpha value is -1.29. The first-order valence-electron chi connectivity index (χ1n) is 5.89. The normalized spacial score (nSPS) is 20.1. The molecule has 1 unspecified atom stereocenters. The molecule has 1 aromatic carbocycles. The number of ether oxygens (including phenoxy) is 2. The standard InChI is InChI=1S/C13H18FNO2/c1-16-11-6-5-10(12(14)13(11)17-2)9-4-3-7-15-8-9/h5-6,9,15H,3-4,7-8H2,1-2H3. The minimum Gasteiger partial charge on any atom is -0.493 e. The van der Waals surface area contributed by atoms with Gasteiger partial charge in [-0.3, -0.25) is 0 Å². The molecule has 1 aliphatic heterocycles. The van der Waals surface area contributed by atoms with Crippen molar-refractivity contribution in [2.45, 2.75) is 18.8 Å². The second-order valence-corrected chi connectivity index (χ2v) is 4.25. The monoisotopic (exact) mass is 239 g/mol. The van der Waals surface area contributed by atoms with E-state index >= 15 is 0 Å². The van der Waals surface area contributed by atoms with Gasteiger partial charge >= 0.3 is 0 Å². The molecule has 1 saturated heterocycles. The average Bonchev–Trinajstić information content (AvgIpc) is 2.39. The first kappa shape index (κ1) is 12.2. The summed E-state index contributed by atoms with van der Waals surface area (Å²) >= 11 is 0. The second-order valence-electron chi connectivity index (χ2n) is 4.25. The van der Waals surface area contributed by atoms with E-state index in [1.54, 1.807) is 12.1 Å². The quantitative estimate of drug-likeness (QED) is 0.878. The van der Waals surface area contributed by atoms with Crippen LogP contribution in [0.2, 0.25) is 0 Å². The van der Waals surface area contributed by atoms with Gasteiger partial charge in [0, 0.05) is 6.54 Å². The zero-order valence-electron chi connectivity index (χ0n) is 10.3. The summed E-state index contributed by atoms with van der Waals surface area (Å²) < 4.78 is 24.4. The fourth-order valence-electron chi connectivity index (χ4n) is 2.34. The van der Waals surface area contributed by atoms with Gasteiger partial charge in [-0.25, -0.2) is 4.39 Å². The molecular formula is C13H18FNO2. The Kier molecular flexibility index (Phi) is 3.84. The first-order chi connectivity index (χ1) is 8.27. The molecule has 1 heterocycles. The van der Waals surface area contributed by atoms with E-state index in [9.17, 15) is 4.39 Å². The summed E-state index contributed by atoms with van der Waals surface area (Å²) in [4.78, 5) is 0. The van der Waals surface area contributed by atoms with E-state index in [0.29, 0.717) is 5.75 Å². The topological polar surface area (TPSA) is 30.5 Å². The Bertz CT molecular complexity index is 389. The van der Waals surface area contributed by atoms with Gasteiger partial charge in [0.2, 0.25) is 0 Å². The van der Waals surface area contributed by atoms with Gasteiger partial charge < -0.3 is 14.8 Å². The van der Waals surface area contributed by atoms with Gasteiger partial charge in [0.05, 0.1) is 14.2 Å². The van der Waals surface area contributed by atoms with Crippen LogP contribution in [0.25, 0.3) is 0 Å². The number of methoxy groups -OCH3 is 2. The summed E-state index contributed by atoms with van der Waals surface area (Å²) in [6.45, 7) is 1.85. The highest BCUT2D eigenvalue weighted by atomic mass is 19.1. The average molecular weight is 239 g/mol. The number of nitrogens with one attached hydrogen (secondary N) is 1. The highest BCUT2D eigenvalue weighted by molar-refractivity contribution is 5.45. The van der Waals surface area contributed by atoms with Crippen molar-refractivity contribution < 1.29 is 13.9 Å². The van der Waals surface area contributed by atoms with Crippen LogP contribution in [0.4, 0.5) is 4.39 Å². The maximum atomic E-state index is 14.3. The molecular weight excluding hydrogens is 221 g/mol. The SMILES string of the molecule is COc1ccc(C2CCCNC2)c(F)c1OC. The van der Waals surface area contributed by atoms with Crippen LogP contribution in [0.1, 0.15) is 24.3 Å². The smallest absolute Gasteiger partial charge is 0.197 e. The first-order valence-corrected chi connectivity index (χ1v) is 5.89. The molecule has 17 heavy (non-hydrogen) atoms. The van der Waals surface area contributed by atoms with Crippen LogP contribution in [0.5, 0.6) is 11.5 Å². The van der Waals surface area contributed by atoms with Crippen LogP contribution < -0.4 is 14.8 Å². The molecule has 0 spiro atoms. The van der Waals surface area contributed by atoms with Gasteiger partial charge in [0.25, 0.3) is 0 Å². The van der Waals surface area contributed by atoms with Crippen molar-refractivity contribution in [2.75, 3.05) is 27.3 Å². The van der Waals surface area contributed by atoms with Crippen molar-refractivity contribution in [1.82, 2.24) is 5.32 Å². The van der Waals surface area contributed by atoms with E-state index in [-0.39, 0.29) is 17.5 Å². The zero-order chi connectivity index (χ0) is 12.3. The lowest BCUT2D eigenvalue weighted by Crippen LogP contribution is -2.28. The Morgan fingerprint density at radius 3 is 2.71 bits per heavy atom. The molecule has 1 aliphatic rings. The lowest BCUT2D eigenvalue weighted by molar-refractivity contribution is 0.332. The van der Waals surface area contributed by atoms with Crippen molar-refractivity contribution in [3.63, 3.8) is 0 Å². The molecule has 94 valence electrons. The van der Waals surface area contributed by atoms with E-state index in [1.165, 1.54) is 14.2 Å². The Labute approximate surface area is 101 Å². The molecule has 3 nitrogen and oxygen atoms in total. The van der Waals surface area contributed by atoms with E-state index in [2.05, 4.69) is 5.32 Å². The predicted octanol–water partition coefficient (Wildman–Crippen LogP) is 2.31. The number of piperidine rings is 1. The second kappa shape index (κ2) is 5.36. The molecule has 0 radical (unpaired) electrons. The number of halogens is 1. The summed E-state index contributed by atoms with van der Waals surface area (Å²) in [5.41, 5.74) is 0.717. The molecule has 0 saturated carbocycles. The maximum Gasteiger partial charge on any atom is 0.197 e. The molecule has 0 amide bonds. The predicted molar refractivity (Wildman–Crippen MR) is 64.3 cm³/mol. The van der Waals surface area contributed by atoms with Gasteiger partial charge in [-0.05, 0) is 36.9 Å². The molecule has 1 aromatic rings. The van der Waals surface area contributed by atoms with Crippen molar-refractivity contribution in [2.24, 2.45) is 0 Å². The van der Waals surface area contributed by atoms with Crippen LogP contribution >= 0.6 is 0 Å². The van der Waals surface area contributed by atoms with Gasteiger partial charge in [-0.1, -0.05) is 6.07 Å². The molecule has 1 fully saturated rings. The highest BCUT2D eigenvalue weighted by Crippen LogP contribution is 2.36. The van der Waals surface area contributed by atoms with E-state index < -0.39 is 0 Å². The summed E-state index contributed by atoms with van der Waals surface area (Å²) in [6.07, 6.45) is 2.10. The third-order valence-electron chi connectivity index (χ3n) is 3.25. The van der Waals surface area contributed by atoms with E-state index in [4.69, 9.17) is 9.47 Å². The summed E-state index contributed by atoms with van der Waals surface area (Å²) in [7, 11) is 2.98. The van der Waals surface area contributed by atoms with Gasteiger partial charge in [-0.15, -0.1) is 0 Å². The Morgan fingerprint density at radius 1 is 1.29 bits per heavy atom. The largest absolute Gasteiger partial charge is 0.493 e. The zero-order valence-corrected chi connectivity index (χ0v) is 10.3. The van der Waals surface area contributed by atoms with Crippen molar-refractivity contribution in [1.29, 1.82) is 0 Å². The third kappa shape index (κ3) is 2.36.